The van der Waals surface area contributed by atoms with E-state index in [1.54, 1.807) is 25.1 Å². The Labute approximate surface area is 154 Å². The van der Waals surface area contributed by atoms with Crippen LogP contribution in [0.4, 0.5) is 14.5 Å². The van der Waals surface area contributed by atoms with Crippen molar-refractivity contribution in [3.63, 3.8) is 0 Å². The predicted molar refractivity (Wildman–Crippen MR) is 104 cm³/mol. The molecule has 2 aromatic rings. The number of hydrogen-bond acceptors (Lipinski definition) is 1. The molecule has 2 atom stereocenters. The maximum Gasteiger partial charge on any atom is 0.128 e. The standard InChI is InChI=1S/C23H25F2N/c1-5-22(26-20-11-6-15(2)21(25)13-20)23(14-17(23)4)16(3)12-18-7-9-19(24)10-8-18/h5-11,13,17,26H,3,12,14H2,1-2,4H3/b22-5-. The quantitative estimate of drug-likeness (QED) is 0.591. The lowest BCUT2D eigenvalue weighted by Crippen LogP contribution is -2.18. The molecule has 0 spiro atoms. The fourth-order valence-corrected chi connectivity index (χ4v) is 3.76. The van der Waals surface area contributed by atoms with Crippen LogP contribution in [0.25, 0.3) is 0 Å². The summed E-state index contributed by atoms with van der Waals surface area (Å²) in [6.07, 6.45) is 3.76. The van der Waals surface area contributed by atoms with Gasteiger partial charge in [0.1, 0.15) is 11.6 Å². The van der Waals surface area contributed by atoms with E-state index in [-0.39, 0.29) is 17.0 Å². The Morgan fingerprint density at radius 2 is 1.88 bits per heavy atom. The average molecular weight is 353 g/mol. The van der Waals surface area contributed by atoms with Gasteiger partial charge in [-0.25, -0.2) is 8.78 Å². The normalized spacial score (nSPS) is 22.2. The van der Waals surface area contributed by atoms with Gasteiger partial charge >= 0.3 is 0 Å². The molecule has 2 unspecified atom stereocenters. The summed E-state index contributed by atoms with van der Waals surface area (Å²) in [6.45, 7) is 10.3. The summed E-state index contributed by atoms with van der Waals surface area (Å²) in [5, 5.41) is 3.41. The van der Waals surface area contributed by atoms with Crippen LogP contribution in [0.5, 0.6) is 0 Å². The highest BCUT2D eigenvalue weighted by Crippen LogP contribution is 2.62. The van der Waals surface area contributed by atoms with Crippen molar-refractivity contribution in [1.29, 1.82) is 0 Å². The van der Waals surface area contributed by atoms with Crippen LogP contribution in [0.3, 0.4) is 0 Å². The number of benzene rings is 2. The number of aryl methyl sites for hydroxylation is 1. The number of nitrogens with one attached hydrogen (secondary N) is 1. The molecule has 3 rings (SSSR count). The van der Waals surface area contributed by atoms with Gasteiger partial charge in [0.25, 0.3) is 0 Å². The van der Waals surface area contributed by atoms with Crippen LogP contribution < -0.4 is 5.32 Å². The molecule has 3 heteroatoms. The van der Waals surface area contributed by atoms with Crippen LogP contribution in [0.15, 0.2) is 66.4 Å². The SMILES string of the molecule is C=C(Cc1ccc(F)cc1)C1(/C(=C/C)Nc2ccc(C)c(F)c2)CC1C. The number of allylic oxidation sites excluding steroid dienone is 2. The van der Waals surface area contributed by atoms with Crippen molar-refractivity contribution in [2.75, 3.05) is 5.32 Å². The van der Waals surface area contributed by atoms with E-state index in [1.165, 1.54) is 18.2 Å². The van der Waals surface area contributed by atoms with Crippen LogP contribution in [0, 0.1) is 29.9 Å². The van der Waals surface area contributed by atoms with Crippen molar-refractivity contribution in [3.05, 3.63) is 89.2 Å². The zero-order valence-corrected chi connectivity index (χ0v) is 15.6. The van der Waals surface area contributed by atoms with Crippen molar-refractivity contribution in [2.24, 2.45) is 11.3 Å². The molecule has 1 nitrogen and oxygen atoms in total. The van der Waals surface area contributed by atoms with Crippen LogP contribution in [0.2, 0.25) is 0 Å². The third-order valence-corrected chi connectivity index (χ3v) is 5.49. The monoisotopic (exact) mass is 353 g/mol. The largest absolute Gasteiger partial charge is 0.358 e. The fraction of sp³-hybridized carbons (Fsp3) is 0.304. The van der Waals surface area contributed by atoms with Crippen molar-refractivity contribution < 1.29 is 8.78 Å². The summed E-state index contributed by atoms with van der Waals surface area (Å²) in [5.41, 5.74) is 4.45. The molecule has 0 heterocycles. The maximum atomic E-state index is 13.9. The molecule has 2 aromatic carbocycles. The van der Waals surface area contributed by atoms with E-state index in [9.17, 15) is 8.78 Å². The third kappa shape index (κ3) is 3.44. The summed E-state index contributed by atoms with van der Waals surface area (Å²) < 4.78 is 27.0. The molecule has 0 aromatic heterocycles. The Hall–Kier alpha value is -2.42. The zero-order valence-electron chi connectivity index (χ0n) is 15.6. The average Bonchev–Trinajstić information content (AvgIpc) is 3.30. The summed E-state index contributed by atoms with van der Waals surface area (Å²) in [6, 6.07) is 11.8. The highest BCUT2D eigenvalue weighted by atomic mass is 19.1. The molecule has 0 bridgehead atoms. The van der Waals surface area contributed by atoms with E-state index in [4.69, 9.17) is 0 Å². The van der Waals surface area contributed by atoms with Crippen LogP contribution in [-0.2, 0) is 6.42 Å². The zero-order chi connectivity index (χ0) is 18.9. The molecule has 0 radical (unpaired) electrons. The predicted octanol–water partition coefficient (Wildman–Crippen LogP) is 6.41. The van der Waals surface area contributed by atoms with Gasteiger partial charge in [-0.15, -0.1) is 0 Å². The van der Waals surface area contributed by atoms with Crippen LogP contribution in [0.1, 0.15) is 31.4 Å². The van der Waals surface area contributed by atoms with Gasteiger partial charge in [-0.2, -0.15) is 0 Å². The molecule has 1 aliphatic rings. The molecule has 1 fully saturated rings. The van der Waals surface area contributed by atoms with Crippen molar-refractivity contribution >= 4 is 5.69 Å². The highest BCUT2D eigenvalue weighted by molar-refractivity contribution is 5.55. The lowest BCUT2D eigenvalue weighted by Gasteiger charge is -2.25. The van der Waals surface area contributed by atoms with Crippen LogP contribution in [-0.4, -0.2) is 0 Å². The Morgan fingerprint density at radius 3 is 2.42 bits per heavy atom. The first kappa shape index (κ1) is 18.4. The lowest BCUT2D eigenvalue weighted by atomic mass is 9.86. The van der Waals surface area contributed by atoms with E-state index in [0.29, 0.717) is 17.9 Å². The Bertz CT molecular complexity index is 851. The Morgan fingerprint density at radius 1 is 1.23 bits per heavy atom. The molecule has 0 aliphatic heterocycles. The van der Waals surface area contributed by atoms with E-state index < -0.39 is 0 Å². The smallest absolute Gasteiger partial charge is 0.128 e. The summed E-state index contributed by atoms with van der Waals surface area (Å²) in [4.78, 5) is 0. The van der Waals surface area contributed by atoms with Gasteiger partial charge in [0.15, 0.2) is 0 Å². The molecular formula is C23H25F2N. The van der Waals surface area contributed by atoms with Gasteiger partial charge in [-0.3, -0.25) is 0 Å². The molecule has 0 amide bonds. The molecule has 0 saturated heterocycles. The molecule has 1 saturated carbocycles. The Kier molecular flexibility index (Phi) is 4.99. The van der Waals surface area contributed by atoms with Gasteiger partial charge in [-0.05, 0) is 68.0 Å². The highest BCUT2D eigenvalue weighted by Gasteiger charge is 2.55. The van der Waals surface area contributed by atoms with Gasteiger partial charge < -0.3 is 5.32 Å². The van der Waals surface area contributed by atoms with Crippen molar-refractivity contribution in [1.82, 2.24) is 0 Å². The first-order valence-electron chi connectivity index (χ1n) is 8.99. The lowest BCUT2D eigenvalue weighted by molar-refractivity contribution is 0.617. The van der Waals surface area contributed by atoms with E-state index >= 15 is 0 Å². The minimum absolute atomic E-state index is 0.134. The van der Waals surface area contributed by atoms with E-state index in [1.807, 2.05) is 13.0 Å². The Balaban J connectivity index is 1.81. The minimum atomic E-state index is -0.230. The summed E-state index contributed by atoms with van der Waals surface area (Å²) in [7, 11) is 0. The van der Waals surface area contributed by atoms with E-state index in [0.717, 1.165) is 28.9 Å². The number of hydrogen-bond donors (Lipinski definition) is 1. The van der Waals surface area contributed by atoms with E-state index in [2.05, 4.69) is 24.9 Å². The second-order valence-corrected chi connectivity index (χ2v) is 7.27. The second-order valence-electron chi connectivity index (χ2n) is 7.27. The van der Waals surface area contributed by atoms with Crippen molar-refractivity contribution in [2.45, 2.75) is 33.6 Å². The molecule has 1 N–H and O–H groups in total. The number of halogens is 2. The fourth-order valence-electron chi connectivity index (χ4n) is 3.76. The molecule has 136 valence electrons. The maximum absolute atomic E-state index is 13.9. The first-order chi connectivity index (χ1) is 12.4. The van der Waals surface area contributed by atoms with Gasteiger partial charge in [0.2, 0.25) is 0 Å². The third-order valence-electron chi connectivity index (χ3n) is 5.49. The minimum Gasteiger partial charge on any atom is -0.358 e. The molecular weight excluding hydrogens is 328 g/mol. The molecule has 26 heavy (non-hydrogen) atoms. The van der Waals surface area contributed by atoms with Gasteiger partial charge in [0, 0.05) is 16.8 Å². The topological polar surface area (TPSA) is 12.0 Å². The number of anilines is 1. The summed E-state index contributed by atoms with van der Waals surface area (Å²) in [5.74, 6) is 0.0176. The van der Waals surface area contributed by atoms with Crippen LogP contribution >= 0.6 is 0 Å². The number of rotatable bonds is 6. The van der Waals surface area contributed by atoms with Gasteiger partial charge in [0.05, 0.1) is 0 Å². The first-order valence-corrected chi connectivity index (χ1v) is 8.99. The summed E-state index contributed by atoms with van der Waals surface area (Å²) >= 11 is 0. The second kappa shape index (κ2) is 7.06. The van der Waals surface area contributed by atoms with Crippen molar-refractivity contribution in [3.8, 4) is 0 Å². The molecule has 1 aliphatic carbocycles. The van der Waals surface area contributed by atoms with Gasteiger partial charge in [-0.1, -0.05) is 43.4 Å².